The molecule has 6 heteroatoms. The van der Waals surface area contributed by atoms with Crippen LogP contribution in [0.25, 0.3) is 0 Å². The van der Waals surface area contributed by atoms with E-state index in [-0.39, 0.29) is 12.7 Å². The number of nitrogens with one attached hydrogen (secondary N) is 1. The Balaban J connectivity index is 1.63. The molecule has 0 aliphatic carbocycles. The lowest BCUT2D eigenvalue weighted by molar-refractivity contribution is 0.0954. The van der Waals surface area contributed by atoms with Crippen molar-refractivity contribution in [2.45, 2.75) is 13.3 Å². The summed E-state index contributed by atoms with van der Waals surface area (Å²) in [5, 5.41) is 3.97. The maximum absolute atomic E-state index is 12.0. The molecule has 0 spiro atoms. The summed E-state index contributed by atoms with van der Waals surface area (Å²) in [7, 11) is 0. The minimum Gasteiger partial charge on any atom is -0.454 e. The summed E-state index contributed by atoms with van der Waals surface area (Å²) in [6, 6.07) is 9.09. The standard InChI is InChI=1S/C15H14N2O3S/c1-2-11-4-5-12(21-11)8-16-17-15(18)10-3-6-13-14(7-10)20-9-19-13/h3-8H,2,9H2,1H3,(H,17,18)/b16-8+. The molecule has 1 N–H and O–H groups in total. The van der Waals surface area contributed by atoms with Crippen molar-refractivity contribution in [3.8, 4) is 11.5 Å². The Hall–Kier alpha value is -2.34. The molecule has 0 fully saturated rings. The second-order valence-electron chi connectivity index (χ2n) is 4.42. The third-order valence-electron chi connectivity index (χ3n) is 3.02. The van der Waals surface area contributed by atoms with E-state index in [4.69, 9.17) is 9.47 Å². The molecule has 0 atom stereocenters. The van der Waals surface area contributed by atoms with Crippen molar-refractivity contribution in [1.29, 1.82) is 0 Å². The van der Waals surface area contributed by atoms with Gasteiger partial charge >= 0.3 is 0 Å². The van der Waals surface area contributed by atoms with Crippen LogP contribution in [0.2, 0.25) is 0 Å². The van der Waals surface area contributed by atoms with Crippen LogP contribution < -0.4 is 14.9 Å². The van der Waals surface area contributed by atoms with E-state index in [2.05, 4.69) is 23.5 Å². The number of hydrogen-bond donors (Lipinski definition) is 1. The Morgan fingerprint density at radius 1 is 1.33 bits per heavy atom. The molecule has 0 unspecified atom stereocenters. The average Bonchev–Trinajstić information content (AvgIpc) is 3.14. The predicted octanol–water partition coefficient (Wildman–Crippen LogP) is 2.80. The molecule has 0 saturated carbocycles. The first kappa shape index (κ1) is 13.6. The first-order chi connectivity index (χ1) is 10.3. The summed E-state index contributed by atoms with van der Waals surface area (Å²) >= 11 is 1.66. The van der Waals surface area contributed by atoms with Gasteiger partial charge in [0.1, 0.15) is 0 Å². The van der Waals surface area contributed by atoms with E-state index in [1.54, 1.807) is 35.8 Å². The van der Waals surface area contributed by atoms with Crippen LogP contribution in [0, 0.1) is 0 Å². The van der Waals surface area contributed by atoms with Gasteiger partial charge in [0, 0.05) is 15.3 Å². The van der Waals surface area contributed by atoms with E-state index in [0.717, 1.165) is 11.3 Å². The minimum atomic E-state index is -0.281. The van der Waals surface area contributed by atoms with Gasteiger partial charge in [0.25, 0.3) is 5.91 Å². The van der Waals surface area contributed by atoms with Crippen molar-refractivity contribution in [3.05, 3.63) is 45.6 Å². The van der Waals surface area contributed by atoms with Gasteiger partial charge in [0.2, 0.25) is 6.79 Å². The topological polar surface area (TPSA) is 59.9 Å². The van der Waals surface area contributed by atoms with E-state index >= 15 is 0 Å². The van der Waals surface area contributed by atoms with E-state index in [1.165, 1.54) is 4.88 Å². The summed E-state index contributed by atoms with van der Waals surface area (Å²) in [6.45, 7) is 2.30. The number of ether oxygens (including phenoxy) is 2. The Morgan fingerprint density at radius 2 is 2.19 bits per heavy atom. The maximum atomic E-state index is 12.0. The number of amides is 1. The molecule has 3 rings (SSSR count). The van der Waals surface area contributed by atoms with Gasteiger partial charge in [-0.3, -0.25) is 4.79 Å². The number of carbonyl (C=O) groups is 1. The number of hydrogen-bond acceptors (Lipinski definition) is 5. The lowest BCUT2D eigenvalue weighted by atomic mass is 10.2. The van der Waals surface area contributed by atoms with E-state index < -0.39 is 0 Å². The predicted molar refractivity (Wildman–Crippen MR) is 81.3 cm³/mol. The summed E-state index contributed by atoms with van der Waals surface area (Å²) in [4.78, 5) is 14.3. The van der Waals surface area contributed by atoms with Gasteiger partial charge in [0.15, 0.2) is 11.5 Å². The molecule has 108 valence electrons. The monoisotopic (exact) mass is 302 g/mol. The Bertz CT molecular complexity index is 694. The number of thiophene rings is 1. The van der Waals surface area contributed by atoms with Gasteiger partial charge in [-0.2, -0.15) is 5.10 Å². The zero-order chi connectivity index (χ0) is 14.7. The summed E-state index contributed by atoms with van der Waals surface area (Å²) in [5.41, 5.74) is 2.99. The molecule has 1 aliphatic heterocycles. The molecule has 1 amide bonds. The highest BCUT2D eigenvalue weighted by Gasteiger charge is 2.15. The highest BCUT2D eigenvalue weighted by Crippen LogP contribution is 2.32. The summed E-state index contributed by atoms with van der Waals surface area (Å²) in [5.74, 6) is 0.954. The van der Waals surface area contributed by atoms with E-state index in [0.29, 0.717) is 17.1 Å². The molecule has 0 saturated heterocycles. The number of hydrazone groups is 1. The zero-order valence-electron chi connectivity index (χ0n) is 11.5. The largest absolute Gasteiger partial charge is 0.454 e. The first-order valence-electron chi connectivity index (χ1n) is 6.58. The fourth-order valence-corrected chi connectivity index (χ4v) is 2.74. The third kappa shape index (κ3) is 3.05. The van der Waals surface area contributed by atoms with Crippen molar-refractivity contribution in [2.75, 3.05) is 6.79 Å². The van der Waals surface area contributed by atoms with Gasteiger partial charge in [-0.05, 0) is 36.8 Å². The van der Waals surface area contributed by atoms with Crippen LogP contribution >= 0.6 is 11.3 Å². The Labute approximate surface area is 126 Å². The molecular weight excluding hydrogens is 288 g/mol. The first-order valence-corrected chi connectivity index (χ1v) is 7.39. The van der Waals surface area contributed by atoms with Gasteiger partial charge in [-0.25, -0.2) is 5.43 Å². The van der Waals surface area contributed by atoms with Crippen molar-refractivity contribution in [3.63, 3.8) is 0 Å². The molecule has 1 aromatic heterocycles. The second kappa shape index (κ2) is 5.97. The molecule has 1 aliphatic rings. The molecule has 1 aromatic carbocycles. The van der Waals surface area contributed by atoms with Crippen molar-refractivity contribution in [2.24, 2.45) is 5.10 Å². The van der Waals surface area contributed by atoms with Crippen LogP contribution in [0.3, 0.4) is 0 Å². The van der Waals surface area contributed by atoms with Gasteiger partial charge in [0.05, 0.1) is 6.21 Å². The van der Waals surface area contributed by atoms with Crippen LogP contribution in [-0.2, 0) is 6.42 Å². The van der Waals surface area contributed by atoms with Crippen LogP contribution in [0.1, 0.15) is 27.0 Å². The second-order valence-corrected chi connectivity index (χ2v) is 5.62. The number of nitrogens with zero attached hydrogens (tertiary/aromatic N) is 1. The van der Waals surface area contributed by atoms with Crippen molar-refractivity contribution >= 4 is 23.5 Å². The number of benzene rings is 1. The number of rotatable bonds is 4. The van der Waals surface area contributed by atoms with Gasteiger partial charge in [-0.15, -0.1) is 11.3 Å². The van der Waals surface area contributed by atoms with Gasteiger partial charge in [-0.1, -0.05) is 6.92 Å². The van der Waals surface area contributed by atoms with Crippen molar-refractivity contribution < 1.29 is 14.3 Å². The van der Waals surface area contributed by atoms with E-state index in [9.17, 15) is 4.79 Å². The average molecular weight is 302 g/mol. The van der Waals surface area contributed by atoms with Crippen LogP contribution in [0.4, 0.5) is 0 Å². The van der Waals surface area contributed by atoms with Crippen molar-refractivity contribution in [1.82, 2.24) is 5.43 Å². The molecule has 2 aromatic rings. The maximum Gasteiger partial charge on any atom is 0.271 e. The molecule has 0 radical (unpaired) electrons. The quantitative estimate of drug-likeness (QED) is 0.698. The highest BCUT2D eigenvalue weighted by atomic mass is 32.1. The lowest BCUT2D eigenvalue weighted by Crippen LogP contribution is -2.17. The van der Waals surface area contributed by atoms with Crippen LogP contribution in [0.5, 0.6) is 11.5 Å². The van der Waals surface area contributed by atoms with E-state index in [1.807, 2.05) is 6.07 Å². The molecule has 2 heterocycles. The smallest absolute Gasteiger partial charge is 0.271 e. The SMILES string of the molecule is CCc1ccc(/C=N/NC(=O)c2ccc3c(c2)OCO3)s1. The highest BCUT2D eigenvalue weighted by molar-refractivity contribution is 7.13. The summed E-state index contributed by atoms with van der Waals surface area (Å²) in [6.07, 6.45) is 2.65. The van der Waals surface area contributed by atoms with Crippen LogP contribution in [0.15, 0.2) is 35.4 Å². The summed E-state index contributed by atoms with van der Waals surface area (Å²) < 4.78 is 10.4. The fraction of sp³-hybridized carbons (Fsp3) is 0.200. The Kier molecular flexibility index (Phi) is 3.87. The Morgan fingerprint density at radius 3 is 3.00 bits per heavy atom. The molecular formula is C15H14N2O3S. The normalized spacial score (nSPS) is 12.8. The molecule has 5 nitrogen and oxygen atoms in total. The van der Waals surface area contributed by atoms with Gasteiger partial charge < -0.3 is 9.47 Å². The zero-order valence-corrected chi connectivity index (χ0v) is 12.3. The van der Waals surface area contributed by atoms with Crippen LogP contribution in [-0.4, -0.2) is 18.9 Å². The number of carbonyl (C=O) groups excluding carboxylic acids is 1. The molecule has 0 bridgehead atoms. The number of aryl methyl sites for hydroxylation is 1. The lowest BCUT2D eigenvalue weighted by Gasteiger charge is -2.01. The minimum absolute atomic E-state index is 0.191. The molecule has 21 heavy (non-hydrogen) atoms. The third-order valence-corrected chi connectivity index (χ3v) is 4.19. The fourth-order valence-electron chi connectivity index (χ4n) is 1.91. The number of fused-ring (bicyclic) bond motifs is 1.